The van der Waals surface area contributed by atoms with Gasteiger partial charge in [0.25, 0.3) is 0 Å². The lowest BCUT2D eigenvalue weighted by Crippen LogP contribution is -2.24. The van der Waals surface area contributed by atoms with Crippen molar-refractivity contribution in [2.75, 3.05) is 7.11 Å². The highest BCUT2D eigenvalue weighted by Crippen LogP contribution is 2.30. The van der Waals surface area contributed by atoms with Crippen molar-refractivity contribution >= 4 is 5.97 Å². The number of hydrogen-bond donors (Lipinski definition) is 0. The van der Waals surface area contributed by atoms with Crippen molar-refractivity contribution in [3.63, 3.8) is 0 Å². The van der Waals surface area contributed by atoms with Gasteiger partial charge in [-0.1, -0.05) is 0 Å². The lowest BCUT2D eigenvalue weighted by molar-refractivity contribution is 0.0560. The smallest absolute Gasteiger partial charge is 0.373 e. The molecule has 0 amide bonds. The third-order valence-corrected chi connectivity index (χ3v) is 3.63. The minimum absolute atomic E-state index is 0.247. The van der Waals surface area contributed by atoms with Gasteiger partial charge < -0.3 is 13.6 Å². The molecule has 112 valence electrons. The van der Waals surface area contributed by atoms with Crippen molar-refractivity contribution in [1.29, 1.82) is 0 Å². The Morgan fingerprint density at radius 3 is 2.43 bits per heavy atom. The molecule has 2 aromatic rings. The van der Waals surface area contributed by atoms with Crippen molar-refractivity contribution < 1.29 is 18.4 Å². The van der Waals surface area contributed by atoms with Crippen LogP contribution in [0.4, 0.5) is 0 Å². The molecule has 2 heterocycles. The molecule has 5 heteroatoms. The zero-order chi connectivity index (χ0) is 14.8. The van der Waals surface area contributed by atoms with Crippen LogP contribution >= 0.6 is 0 Å². The van der Waals surface area contributed by atoms with Crippen LogP contribution in [0.25, 0.3) is 0 Å². The molecular formula is C16H19NO4. The second-order valence-electron chi connectivity index (χ2n) is 5.41. The normalized spacial score (nSPS) is 14.6. The quantitative estimate of drug-likeness (QED) is 0.765. The van der Waals surface area contributed by atoms with Crippen LogP contribution in [0.3, 0.4) is 0 Å². The molecule has 3 rings (SSSR count). The van der Waals surface area contributed by atoms with Gasteiger partial charge in [-0.2, -0.15) is 0 Å². The fourth-order valence-corrected chi connectivity index (χ4v) is 2.40. The summed E-state index contributed by atoms with van der Waals surface area (Å²) in [5.41, 5.74) is 0. The molecule has 21 heavy (non-hydrogen) atoms. The molecule has 0 aliphatic heterocycles. The first-order valence-corrected chi connectivity index (χ1v) is 7.12. The van der Waals surface area contributed by atoms with E-state index >= 15 is 0 Å². The summed E-state index contributed by atoms with van der Waals surface area (Å²) in [6.07, 6.45) is 2.40. The first kappa shape index (κ1) is 13.9. The van der Waals surface area contributed by atoms with Crippen LogP contribution in [-0.4, -0.2) is 24.0 Å². The summed E-state index contributed by atoms with van der Waals surface area (Å²) in [6.45, 7) is 3.37. The number of methoxy groups -OCH3 is 1. The molecule has 1 fully saturated rings. The molecule has 2 aromatic heterocycles. The standard InChI is InChI=1S/C16H19NO4/c1-11-3-6-13(20-11)9-17(12-4-5-12)10-14-7-8-15(21-14)16(18)19-2/h3,6-8,12H,4-5,9-10H2,1-2H3. The first-order chi connectivity index (χ1) is 10.2. The average molecular weight is 289 g/mol. The SMILES string of the molecule is COC(=O)c1ccc(CN(Cc2ccc(C)o2)C2CC2)o1. The zero-order valence-electron chi connectivity index (χ0n) is 12.3. The van der Waals surface area contributed by atoms with Crippen molar-refractivity contribution in [3.8, 4) is 0 Å². The predicted molar refractivity (Wildman–Crippen MR) is 75.8 cm³/mol. The molecule has 0 unspecified atom stereocenters. The number of furan rings is 2. The summed E-state index contributed by atoms with van der Waals surface area (Å²) in [5, 5.41) is 0. The Hall–Kier alpha value is -2.01. The Morgan fingerprint density at radius 2 is 1.86 bits per heavy atom. The molecule has 0 spiro atoms. The Morgan fingerprint density at radius 1 is 1.19 bits per heavy atom. The van der Waals surface area contributed by atoms with Crippen LogP contribution in [-0.2, 0) is 17.8 Å². The monoisotopic (exact) mass is 289 g/mol. The minimum Gasteiger partial charge on any atom is -0.465 e. The molecule has 0 radical (unpaired) electrons. The van der Waals surface area contributed by atoms with Crippen LogP contribution < -0.4 is 0 Å². The number of rotatable bonds is 6. The minimum atomic E-state index is -0.444. The molecule has 0 aromatic carbocycles. The Kier molecular flexibility index (Phi) is 3.84. The maximum atomic E-state index is 11.4. The fraction of sp³-hybridized carbons (Fsp3) is 0.438. The summed E-state index contributed by atoms with van der Waals surface area (Å²) in [6, 6.07) is 8.04. The first-order valence-electron chi connectivity index (χ1n) is 7.12. The van der Waals surface area contributed by atoms with Gasteiger partial charge in [-0.15, -0.1) is 0 Å². The number of nitrogens with zero attached hydrogens (tertiary/aromatic N) is 1. The second-order valence-corrected chi connectivity index (χ2v) is 5.41. The zero-order valence-corrected chi connectivity index (χ0v) is 12.3. The van der Waals surface area contributed by atoms with Crippen LogP contribution in [0.1, 0.15) is 40.7 Å². The van der Waals surface area contributed by atoms with E-state index in [0.717, 1.165) is 23.8 Å². The number of esters is 1. The van der Waals surface area contributed by atoms with E-state index in [4.69, 9.17) is 8.83 Å². The third kappa shape index (κ3) is 3.36. The Balaban J connectivity index is 1.67. The largest absolute Gasteiger partial charge is 0.465 e. The molecule has 0 bridgehead atoms. The van der Waals surface area contributed by atoms with Crippen molar-refractivity contribution in [3.05, 3.63) is 47.3 Å². The Bertz CT molecular complexity index is 624. The maximum Gasteiger partial charge on any atom is 0.373 e. The van der Waals surface area contributed by atoms with E-state index in [2.05, 4.69) is 9.64 Å². The van der Waals surface area contributed by atoms with Gasteiger partial charge in [0.2, 0.25) is 5.76 Å². The molecule has 1 aliphatic carbocycles. The molecule has 1 saturated carbocycles. The van der Waals surface area contributed by atoms with Crippen molar-refractivity contribution in [2.45, 2.75) is 38.9 Å². The lowest BCUT2D eigenvalue weighted by atomic mass is 10.3. The molecule has 0 saturated heterocycles. The summed E-state index contributed by atoms with van der Waals surface area (Å²) in [7, 11) is 1.35. The lowest BCUT2D eigenvalue weighted by Gasteiger charge is -2.19. The van der Waals surface area contributed by atoms with Gasteiger partial charge in [0.15, 0.2) is 0 Å². The average Bonchev–Trinajstić information content (AvgIpc) is 3.09. The van der Waals surface area contributed by atoms with E-state index in [0.29, 0.717) is 12.6 Å². The maximum absolute atomic E-state index is 11.4. The van der Waals surface area contributed by atoms with Crippen molar-refractivity contribution in [1.82, 2.24) is 4.90 Å². The van der Waals surface area contributed by atoms with Gasteiger partial charge in [0.05, 0.1) is 20.2 Å². The van der Waals surface area contributed by atoms with E-state index in [1.54, 1.807) is 6.07 Å². The predicted octanol–water partition coefficient (Wildman–Crippen LogP) is 3.13. The van der Waals surface area contributed by atoms with Gasteiger partial charge in [-0.05, 0) is 44.0 Å². The van der Waals surface area contributed by atoms with Crippen LogP contribution in [0.15, 0.2) is 33.1 Å². The van der Waals surface area contributed by atoms with Crippen LogP contribution in [0.5, 0.6) is 0 Å². The Labute approximate surface area is 123 Å². The van der Waals surface area contributed by atoms with Gasteiger partial charge in [-0.3, -0.25) is 4.90 Å². The number of ether oxygens (including phenoxy) is 1. The second kappa shape index (κ2) is 5.77. The fourth-order valence-electron chi connectivity index (χ4n) is 2.40. The van der Waals surface area contributed by atoms with E-state index in [1.165, 1.54) is 20.0 Å². The number of hydrogen-bond acceptors (Lipinski definition) is 5. The van der Waals surface area contributed by atoms with Crippen LogP contribution in [0.2, 0.25) is 0 Å². The van der Waals surface area contributed by atoms with Gasteiger partial charge in [0.1, 0.15) is 17.3 Å². The highest BCUT2D eigenvalue weighted by Gasteiger charge is 2.30. The van der Waals surface area contributed by atoms with Crippen LogP contribution in [0, 0.1) is 6.92 Å². The summed E-state index contributed by atoms with van der Waals surface area (Å²) in [5.74, 6) is 2.45. The topological polar surface area (TPSA) is 55.8 Å². The van der Waals surface area contributed by atoms with Gasteiger partial charge in [-0.25, -0.2) is 4.79 Å². The molecule has 0 atom stereocenters. The van der Waals surface area contributed by atoms with Gasteiger partial charge >= 0.3 is 5.97 Å². The number of carbonyl (C=O) groups excluding carboxylic acids is 1. The third-order valence-electron chi connectivity index (χ3n) is 3.63. The van der Waals surface area contributed by atoms with E-state index in [9.17, 15) is 4.79 Å². The summed E-state index contributed by atoms with van der Waals surface area (Å²) < 4.78 is 15.8. The molecule has 5 nitrogen and oxygen atoms in total. The van der Waals surface area contributed by atoms with E-state index in [1.807, 2.05) is 25.1 Å². The molecular weight excluding hydrogens is 270 g/mol. The van der Waals surface area contributed by atoms with Crippen molar-refractivity contribution in [2.24, 2.45) is 0 Å². The molecule has 1 aliphatic rings. The highest BCUT2D eigenvalue weighted by molar-refractivity contribution is 5.86. The molecule has 0 N–H and O–H groups in total. The summed E-state index contributed by atoms with van der Waals surface area (Å²) in [4.78, 5) is 13.7. The number of aryl methyl sites for hydroxylation is 1. The van der Waals surface area contributed by atoms with E-state index < -0.39 is 5.97 Å². The van der Waals surface area contributed by atoms with Gasteiger partial charge in [0, 0.05) is 6.04 Å². The highest BCUT2D eigenvalue weighted by atomic mass is 16.5. The number of carbonyl (C=O) groups is 1. The summed E-state index contributed by atoms with van der Waals surface area (Å²) >= 11 is 0. The van der Waals surface area contributed by atoms with E-state index in [-0.39, 0.29) is 5.76 Å².